The summed E-state index contributed by atoms with van der Waals surface area (Å²) in [5.74, 6) is -2.40. The fraction of sp³-hybridized carbons (Fsp3) is 0.333. The van der Waals surface area contributed by atoms with Gasteiger partial charge in [-0.05, 0) is 36.8 Å². The Balaban J connectivity index is 2.24. The summed E-state index contributed by atoms with van der Waals surface area (Å²) >= 11 is 0. The number of benzene rings is 2. The molecule has 2 rings (SSSR count). The van der Waals surface area contributed by atoms with E-state index in [2.05, 4.69) is 0 Å². The molecule has 1 unspecified atom stereocenters. The van der Waals surface area contributed by atoms with Crippen LogP contribution in [0, 0.1) is 0 Å². The van der Waals surface area contributed by atoms with Crippen LogP contribution in [0.15, 0.2) is 48.5 Å². The monoisotopic (exact) mass is 457 g/mol. The molecule has 0 bridgehead atoms. The summed E-state index contributed by atoms with van der Waals surface area (Å²) in [6.07, 6.45) is -0.774. The lowest BCUT2D eigenvalue weighted by atomic mass is 9.86. The number of hydrogen-bond acceptors (Lipinski definition) is 9. The molecule has 9 nitrogen and oxygen atoms in total. The molecule has 9 heteroatoms. The van der Waals surface area contributed by atoms with Crippen LogP contribution in [0.1, 0.15) is 43.1 Å². The lowest BCUT2D eigenvalue weighted by molar-refractivity contribution is -0.148. The zero-order valence-corrected chi connectivity index (χ0v) is 19.0. The third kappa shape index (κ3) is 7.43. The van der Waals surface area contributed by atoms with E-state index in [4.69, 9.17) is 24.7 Å². The second kappa shape index (κ2) is 11.2. The highest BCUT2D eigenvalue weighted by atomic mass is 16.6. The van der Waals surface area contributed by atoms with Crippen molar-refractivity contribution >= 4 is 23.9 Å². The second-order valence-electron chi connectivity index (χ2n) is 7.58. The van der Waals surface area contributed by atoms with Crippen molar-refractivity contribution in [2.75, 3.05) is 7.11 Å². The summed E-state index contributed by atoms with van der Waals surface area (Å²) in [6, 6.07) is 12.9. The molecule has 2 N–H and O–H groups in total. The van der Waals surface area contributed by atoms with Crippen LogP contribution in [0.5, 0.6) is 11.5 Å². The molecule has 0 aliphatic rings. The Morgan fingerprint density at radius 3 is 2.12 bits per heavy atom. The maximum atomic E-state index is 12.6. The lowest BCUT2D eigenvalue weighted by Gasteiger charge is -2.29. The van der Waals surface area contributed by atoms with Gasteiger partial charge in [0.05, 0.1) is 12.7 Å². The molecular weight excluding hydrogens is 430 g/mol. The number of carbonyl (C=O) groups is 4. The van der Waals surface area contributed by atoms with E-state index in [1.807, 2.05) is 0 Å². The first kappa shape index (κ1) is 25.5. The molecule has 0 aliphatic carbocycles. The number of methoxy groups -OCH3 is 1. The van der Waals surface area contributed by atoms with Gasteiger partial charge in [-0.15, -0.1) is 0 Å². The second-order valence-corrected chi connectivity index (χ2v) is 7.58. The molecular formula is C24H27NO8. The quantitative estimate of drug-likeness (QED) is 0.446. The van der Waals surface area contributed by atoms with Crippen LogP contribution in [-0.2, 0) is 30.3 Å². The molecule has 0 amide bonds. The normalized spacial score (nSPS) is 13.2. The predicted molar refractivity (Wildman–Crippen MR) is 118 cm³/mol. The van der Waals surface area contributed by atoms with Crippen LogP contribution in [-0.4, -0.2) is 42.6 Å². The Bertz CT molecular complexity index is 1020. The molecule has 2 aromatic carbocycles. The smallest absolute Gasteiger partial charge is 0.338 e. The van der Waals surface area contributed by atoms with Crippen molar-refractivity contribution in [1.29, 1.82) is 0 Å². The Hall–Kier alpha value is -3.72. The molecule has 33 heavy (non-hydrogen) atoms. The Morgan fingerprint density at radius 1 is 0.939 bits per heavy atom. The van der Waals surface area contributed by atoms with Gasteiger partial charge in [-0.25, -0.2) is 4.79 Å². The first-order valence-corrected chi connectivity index (χ1v) is 10.2. The Morgan fingerprint density at radius 2 is 1.55 bits per heavy atom. The number of carbonyl (C=O) groups excluding carboxylic acids is 4. The highest BCUT2D eigenvalue weighted by molar-refractivity contribution is 5.89. The topological polar surface area (TPSA) is 131 Å². The predicted octanol–water partition coefficient (Wildman–Crippen LogP) is 2.59. The van der Waals surface area contributed by atoms with Crippen molar-refractivity contribution in [1.82, 2.24) is 0 Å². The fourth-order valence-electron chi connectivity index (χ4n) is 3.31. The van der Waals surface area contributed by atoms with Gasteiger partial charge in [-0.2, -0.15) is 0 Å². The van der Waals surface area contributed by atoms with E-state index in [-0.39, 0.29) is 24.3 Å². The number of nitrogens with two attached hydrogens (primary N) is 1. The van der Waals surface area contributed by atoms with Crippen LogP contribution in [0.3, 0.4) is 0 Å². The van der Waals surface area contributed by atoms with Crippen LogP contribution in [0.25, 0.3) is 0 Å². The molecule has 0 saturated heterocycles. The molecule has 2 aromatic rings. The summed E-state index contributed by atoms with van der Waals surface area (Å²) < 4.78 is 20.5. The SMILES string of the molecule is COC(=O)[C@](N)(Cc1ccc(OC(C)=O)c(OC(C)=O)c1)CC(C)OC(=O)c1ccccc1. The van der Waals surface area contributed by atoms with Crippen LogP contribution >= 0.6 is 0 Å². The molecule has 0 fully saturated rings. The molecule has 0 aliphatic heterocycles. The van der Waals surface area contributed by atoms with Crippen molar-refractivity contribution in [3.05, 3.63) is 59.7 Å². The molecule has 0 radical (unpaired) electrons. The Labute approximate surface area is 191 Å². The lowest BCUT2D eigenvalue weighted by Crippen LogP contribution is -2.53. The van der Waals surface area contributed by atoms with Crippen LogP contribution in [0.4, 0.5) is 0 Å². The maximum Gasteiger partial charge on any atom is 0.338 e. The van der Waals surface area contributed by atoms with Gasteiger partial charge in [0, 0.05) is 26.7 Å². The molecule has 0 aromatic heterocycles. The van der Waals surface area contributed by atoms with Gasteiger partial charge in [0.2, 0.25) is 0 Å². The third-order valence-electron chi connectivity index (χ3n) is 4.60. The highest BCUT2D eigenvalue weighted by Gasteiger charge is 2.38. The zero-order valence-electron chi connectivity index (χ0n) is 19.0. The largest absolute Gasteiger partial charge is 0.468 e. The van der Waals surface area contributed by atoms with E-state index in [9.17, 15) is 19.2 Å². The van der Waals surface area contributed by atoms with Crippen molar-refractivity contribution in [3.63, 3.8) is 0 Å². The van der Waals surface area contributed by atoms with Gasteiger partial charge in [-0.3, -0.25) is 14.4 Å². The van der Waals surface area contributed by atoms with E-state index in [0.717, 1.165) is 0 Å². The summed E-state index contributed by atoms with van der Waals surface area (Å²) in [6.45, 7) is 4.04. The molecule has 2 atom stereocenters. The van der Waals surface area contributed by atoms with E-state index in [1.165, 1.54) is 33.1 Å². The summed E-state index contributed by atoms with van der Waals surface area (Å²) in [4.78, 5) is 47.7. The van der Waals surface area contributed by atoms with Gasteiger partial charge in [0.25, 0.3) is 0 Å². The highest BCUT2D eigenvalue weighted by Crippen LogP contribution is 2.31. The number of esters is 4. The minimum atomic E-state index is -1.55. The first-order valence-electron chi connectivity index (χ1n) is 10.2. The summed E-state index contributed by atoms with van der Waals surface area (Å²) in [5, 5.41) is 0. The van der Waals surface area contributed by atoms with E-state index >= 15 is 0 Å². The van der Waals surface area contributed by atoms with Crippen molar-refractivity contribution in [3.8, 4) is 11.5 Å². The first-order chi connectivity index (χ1) is 15.5. The average Bonchev–Trinajstić information content (AvgIpc) is 2.74. The molecule has 0 spiro atoms. The summed E-state index contributed by atoms with van der Waals surface area (Å²) in [5.41, 5.74) is 5.74. The minimum Gasteiger partial charge on any atom is -0.468 e. The van der Waals surface area contributed by atoms with Gasteiger partial charge >= 0.3 is 23.9 Å². The fourth-order valence-corrected chi connectivity index (χ4v) is 3.31. The number of ether oxygens (including phenoxy) is 4. The molecule has 0 saturated carbocycles. The van der Waals surface area contributed by atoms with Gasteiger partial charge in [-0.1, -0.05) is 24.3 Å². The van der Waals surface area contributed by atoms with Gasteiger partial charge < -0.3 is 24.7 Å². The van der Waals surface area contributed by atoms with Crippen LogP contribution in [0.2, 0.25) is 0 Å². The molecule has 0 heterocycles. The summed E-state index contributed by atoms with van der Waals surface area (Å²) in [7, 11) is 1.21. The minimum absolute atomic E-state index is 0.00553. The number of rotatable bonds is 9. The average molecular weight is 457 g/mol. The maximum absolute atomic E-state index is 12.6. The molecule has 176 valence electrons. The number of hydrogen-bond donors (Lipinski definition) is 1. The standard InChI is InChI=1S/C24H27NO8/c1-15(31-22(28)19-8-6-5-7-9-19)13-24(25,23(29)30-4)14-18-10-11-20(32-16(2)26)21(12-18)33-17(3)27/h5-12,15H,13-14,25H2,1-4H3/t15?,24-/m1/s1. The van der Waals surface area contributed by atoms with E-state index < -0.39 is 35.5 Å². The Kier molecular flexibility index (Phi) is 8.70. The zero-order chi connectivity index (χ0) is 24.6. The van der Waals surface area contributed by atoms with E-state index in [1.54, 1.807) is 43.3 Å². The van der Waals surface area contributed by atoms with E-state index in [0.29, 0.717) is 11.1 Å². The third-order valence-corrected chi connectivity index (χ3v) is 4.60. The van der Waals surface area contributed by atoms with Crippen molar-refractivity contribution in [2.45, 2.75) is 45.3 Å². The van der Waals surface area contributed by atoms with Crippen LogP contribution < -0.4 is 15.2 Å². The van der Waals surface area contributed by atoms with Gasteiger partial charge in [0.1, 0.15) is 11.6 Å². The van der Waals surface area contributed by atoms with Crippen molar-refractivity contribution < 1.29 is 38.1 Å². The van der Waals surface area contributed by atoms with Crippen molar-refractivity contribution in [2.24, 2.45) is 5.73 Å². The van der Waals surface area contributed by atoms with Gasteiger partial charge in [0.15, 0.2) is 11.5 Å².